The van der Waals surface area contributed by atoms with Crippen molar-refractivity contribution >= 4 is 11.4 Å². The summed E-state index contributed by atoms with van der Waals surface area (Å²) in [5.74, 6) is -0.519. The smallest absolute Gasteiger partial charge is 0.123 e. The van der Waals surface area contributed by atoms with Crippen molar-refractivity contribution < 1.29 is 0 Å². The van der Waals surface area contributed by atoms with Gasteiger partial charge in [0.2, 0.25) is 0 Å². The van der Waals surface area contributed by atoms with Crippen molar-refractivity contribution in [3.8, 4) is 12.1 Å². The minimum atomic E-state index is -0.522. The fourth-order valence-electron chi connectivity index (χ4n) is 1.79. The van der Waals surface area contributed by atoms with Crippen LogP contribution >= 0.6 is 0 Å². The zero-order valence-corrected chi connectivity index (χ0v) is 9.11. The second-order valence-corrected chi connectivity index (χ2v) is 3.70. The average Bonchev–Trinajstić information content (AvgIpc) is 2.67. The van der Waals surface area contributed by atoms with Crippen LogP contribution in [0, 0.1) is 28.6 Å². The molecule has 0 bridgehead atoms. The average molecular weight is 225 g/mol. The first-order chi connectivity index (χ1) is 8.27. The molecular weight excluding hydrogens is 214 g/mol. The van der Waals surface area contributed by atoms with E-state index in [1.807, 2.05) is 36.4 Å². The van der Waals surface area contributed by atoms with Crippen molar-refractivity contribution in [3.63, 3.8) is 0 Å². The summed E-state index contributed by atoms with van der Waals surface area (Å²) in [6.07, 6.45) is -0.388. The van der Waals surface area contributed by atoms with Gasteiger partial charge >= 0.3 is 0 Å². The Kier molecular flexibility index (Phi) is 3.04. The van der Waals surface area contributed by atoms with Crippen LogP contribution in [0.25, 0.3) is 0 Å². The maximum absolute atomic E-state index is 9.05. The third kappa shape index (κ3) is 1.96. The summed E-state index contributed by atoms with van der Waals surface area (Å²) in [5, 5.41) is 23.6. The van der Waals surface area contributed by atoms with Gasteiger partial charge in [-0.05, 0) is 12.1 Å². The van der Waals surface area contributed by atoms with Gasteiger partial charge in [0.25, 0.3) is 0 Å². The van der Waals surface area contributed by atoms with Crippen LogP contribution in [0.1, 0.15) is 6.42 Å². The SMILES string of the molecule is N#CCC1=NN(c2ccccc2)C(N)C1C#N. The maximum atomic E-state index is 9.05. The number of hydrogen-bond acceptors (Lipinski definition) is 5. The molecule has 2 atom stereocenters. The molecule has 2 unspecified atom stereocenters. The van der Waals surface area contributed by atoms with Crippen LogP contribution < -0.4 is 10.7 Å². The van der Waals surface area contributed by atoms with E-state index in [1.54, 1.807) is 5.01 Å². The summed E-state index contributed by atoms with van der Waals surface area (Å²) < 4.78 is 0. The van der Waals surface area contributed by atoms with Crippen molar-refractivity contribution in [1.82, 2.24) is 0 Å². The van der Waals surface area contributed by atoms with E-state index in [1.165, 1.54) is 0 Å². The van der Waals surface area contributed by atoms with E-state index in [0.29, 0.717) is 5.71 Å². The highest BCUT2D eigenvalue weighted by Crippen LogP contribution is 2.26. The molecule has 84 valence electrons. The molecule has 5 nitrogen and oxygen atoms in total. The fourth-order valence-corrected chi connectivity index (χ4v) is 1.79. The summed E-state index contributed by atoms with van der Waals surface area (Å²) in [7, 11) is 0. The number of hydrogen-bond donors (Lipinski definition) is 1. The van der Waals surface area contributed by atoms with Crippen molar-refractivity contribution in [2.45, 2.75) is 12.6 Å². The standard InChI is InChI=1S/C12H11N5/c13-7-6-11-10(8-14)12(15)17(16-11)9-4-2-1-3-5-9/h1-5,10,12H,6,15H2. The van der Waals surface area contributed by atoms with Gasteiger partial charge < -0.3 is 5.73 Å². The lowest BCUT2D eigenvalue weighted by Gasteiger charge is -2.21. The molecular formula is C12H11N5. The van der Waals surface area contributed by atoms with E-state index in [9.17, 15) is 0 Å². The number of benzene rings is 1. The van der Waals surface area contributed by atoms with E-state index in [0.717, 1.165) is 5.69 Å². The number of nitriles is 2. The van der Waals surface area contributed by atoms with E-state index in [-0.39, 0.29) is 6.42 Å². The first-order valence-corrected chi connectivity index (χ1v) is 5.21. The van der Waals surface area contributed by atoms with Crippen LogP contribution in [0.15, 0.2) is 35.4 Å². The van der Waals surface area contributed by atoms with Gasteiger partial charge in [-0.1, -0.05) is 18.2 Å². The molecule has 2 rings (SSSR count). The highest BCUT2D eigenvalue weighted by molar-refractivity contribution is 5.94. The van der Waals surface area contributed by atoms with Crippen LogP contribution in [-0.2, 0) is 0 Å². The monoisotopic (exact) mass is 225 g/mol. The second kappa shape index (κ2) is 4.65. The maximum Gasteiger partial charge on any atom is 0.123 e. The Balaban J connectivity index is 2.33. The molecule has 5 heteroatoms. The predicted molar refractivity (Wildman–Crippen MR) is 63.7 cm³/mol. The lowest BCUT2D eigenvalue weighted by atomic mass is 10.0. The van der Waals surface area contributed by atoms with Gasteiger partial charge in [-0.2, -0.15) is 15.6 Å². The first kappa shape index (κ1) is 11.1. The second-order valence-electron chi connectivity index (χ2n) is 3.70. The van der Waals surface area contributed by atoms with Crippen molar-refractivity contribution in [3.05, 3.63) is 30.3 Å². The molecule has 1 aliphatic heterocycles. The van der Waals surface area contributed by atoms with Crippen LogP contribution in [0.4, 0.5) is 5.69 Å². The quantitative estimate of drug-likeness (QED) is 0.818. The Morgan fingerprint density at radius 2 is 2.00 bits per heavy atom. The van der Waals surface area contributed by atoms with E-state index in [4.69, 9.17) is 16.3 Å². The summed E-state index contributed by atoms with van der Waals surface area (Å²) in [4.78, 5) is 0. The van der Waals surface area contributed by atoms with Crippen LogP contribution in [0.3, 0.4) is 0 Å². The molecule has 2 N–H and O–H groups in total. The molecule has 17 heavy (non-hydrogen) atoms. The number of rotatable bonds is 2. The molecule has 0 aromatic heterocycles. The van der Waals surface area contributed by atoms with Crippen molar-refractivity contribution in [1.29, 1.82) is 10.5 Å². The summed E-state index contributed by atoms with van der Waals surface area (Å²) in [6.45, 7) is 0. The Morgan fingerprint density at radius 3 is 2.59 bits per heavy atom. The lowest BCUT2D eigenvalue weighted by Crippen LogP contribution is -2.40. The molecule has 0 radical (unpaired) electrons. The molecule has 1 aromatic rings. The highest BCUT2D eigenvalue weighted by Gasteiger charge is 2.35. The van der Waals surface area contributed by atoms with Crippen LogP contribution in [0.2, 0.25) is 0 Å². The normalized spacial score (nSPS) is 22.8. The topological polar surface area (TPSA) is 89.2 Å². The Hall–Kier alpha value is -2.37. The van der Waals surface area contributed by atoms with Crippen molar-refractivity contribution in [2.24, 2.45) is 16.8 Å². The van der Waals surface area contributed by atoms with Gasteiger partial charge in [0.15, 0.2) is 0 Å². The minimum Gasteiger partial charge on any atom is -0.308 e. The van der Waals surface area contributed by atoms with Crippen molar-refractivity contribution in [2.75, 3.05) is 5.01 Å². The Bertz CT molecular complexity index is 508. The summed E-state index contributed by atoms with van der Waals surface area (Å²) in [5.41, 5.74) is 7.33. The summed E-state index contributed by atoms with van der Waals surface area (Å²) >= 11 is 0. The molecule has 1 aliphatic rings. The number of para-hydroxylation sites is 1. The van der Waals surface area contributed by atoms with Gasteiger partial charge in [0.05, 0.1) is 30.0 Å². The van der Waals surface area contributed by atoms with Gasteiger partial charge in [0, 0.05) is 0 Å². The van der Waals surface area contributed by atoms with E-state index in [2.05, 4.69) is 11.2 Å². The molecule has 0 fully saturated rings. The van der Waals surface area contributed by atoms with Crippen LogP contribution in [0.5, 0.6) is 0 Å². The molecule has 0 aliphatic carbocycles. The first-order valence-electron chi connectivity index (χ1n) is 5.21. The fraction of sp³-hybridized carbons (Fsp3) is 0.250. The highest BCUT2D eigenvalue weighted by atomic mass is 15.5. The van der Waals surface area contributed by atoms with E-state index < -0.39 is 12.1 Å². The van der Waals surface area contributed by atoms with Crippen LogP contribution in [-0.4, -0.2) is 11.9 Å². The summed E-state index contributed by atoms with van der Waals surface area (Å²) in [6, 6.07) is 13.5. The van der Waals surface area contributed by atoms with Gasteiger partial charge in [-0.15, -0.1) is 0 Å². The number of nitrogens with two attached hydrogens (primary N) is 1. The van der Waals surface area contributed by atoms with Gasteiger partial charge in [-0.25, -0.2) is 5.01 Å². The zero-order valence-electron chi connectivity index (χ0n) is 9.11. The molecule has 0 saturated heterocycles. The molecule has 1 heterocycles. The molecule has 0 spiro atoms. The largest absolute Gasteiger partial charge is 0.308 e. The molecule has 0 saturated carbocycles. The predicted octanol–water partition coefficient (Wildman–Crippen LogP) is 1.20. The molecule has 1 aromatic carbocycles. The zero-order chi connectivity index (χ0) is 12.3. The third-order valence-electron chi connectivity index (χ3n) is 2.64. The van der Waals surface area contributed by atoms with Gasteiger partial charge in [-0.3, -0.25) is 0 Å². The Labute approximate surface area is 99.4 Å². The molecule has 0 amide bonds. The van der Waals surface area contributed by atoms with Gasteiger partial charge in [0.1, 0.15) is 12.1 Å². The Morgan fingerprint density at radius 1 is 1.29 bits per heavy atom. The van der Waals surface area contributed by atoms with E-state index >= 15 is 0 Å². The number of hydrazone groups is 1. The number of anilines is 1. The number of nitrogens with zero attached hydrogens (tertiary/aromatic N) is 4. The lowest BCUT2D eigenvalue weighted by molar-refractivity contribution is 0.622. The third-order valence-corrected chi connectivity index (χ3v) is 2.64. The minimum absolute atomic E-state index is 0.134.